The predicted molar refractivity (Wildman–Crippen MR) is 109 cm³/mol. The van der Waals surface area contributed by atoms with E-state index in [4.69, 9.17) is 11.6 Å². The molecule has 0 radical (unpaired) electrons. The van der Waals surface area contributed by atoms with Gasteiger partial charge in [-0.05, 0) is 35.9 Å². The quantitative estimate of drug-likeness (QED) is 0.373. The number of halogens is 2. The summed E-state index contributed by atoms with van der Waals surface area (Å²) in [7, 11) is 0. The number of amides is 1. The molecule has 0 aromatic heterocycles. The standard InChI is InChI=1S/C23H15ClFNO3/c24-16-9-5-11-18(13-16)26-20(15-8-4-10-17(25)12-15)19(22(28)23(26)29)21(27)14-6-2-1-3-7-14/h1-13,20,27H/t20-/m1/s1. The van der Waals surface area contributed by atoms with Crippen molar-refractivity contribution in [3.63, 3.8) is 0 Å². The Balaban J connectivity index is 1.97. The third-order valence-corrected chi connectivity index (χ3v) is 4.98. The number of ketones is 1. The average Bonchev–Trinajstić information content (AvgIpc) is 2.99. The smallest absolute Gasteiger partial charge is 0.300 e. The van der Waals surface area contributed by atoms with Crippen LogP contribution >= 0.6 is 11.6 Å². The number of carbonyl (C=O) groups is 2. The van der Waals surface area contributed by atoms with Gasteiger partial charge in [0.2, 0.25) is 0 Å². The minimum Gasteiger partial charge on any atom is -0.507 e. The van der Waals surface area contributed by atoms with Crippen LogP contribution in [0, 0.1) is 5.82 Å². The van der Waals surface area contributed by atoms with Crippen molar-refractivity contribution < 1.29 is 19.1 Å². The zero-order valence-corrected chi connectivity index (χ0v) is 15.8. The fraction of sp³-hybridized carbons (Fsp3) is 0.0435. The number of hydrogen-bond acceptors (Lipinski definition) is 3. The molecule has 0 spiro atoms. The van der Waals surface area contributed by atoms with Crippen LogP contribution in [-0.4, -0.2) is 16.8 Å². The summed E-state index contributed by atoms with van der Waals surface area (Å²) in [5.41, 5.74) is 1.02. The highest BCUT2D eigenvalue weighted by Crippen LogP contribution is 2.42. The lowest BCUT2D eigenvalue weighted by atomic mass is 9.95. The average molecular weight is 408 g/mol. The third kappa shape index (κ3) is 3.41. The number of aliphatic hydroxyl groups excluding tert-OH is 1. The van der Waals surface area contributed by atoms with Crippen LogP contribution in [0.2, 0.25) is 5.02 Å². The molecule has 1 saturated heterocycles. The molecule has 0 saturated carbocycles. The lowest BCUT2D eigenvalue weighted by molar-refractivity contribution is -0.132. The Bertz CT molecular complexity index is 1140. The van der Waals surface area contributed by atoms with Gasteiger partial charge in [0, 0.05) is 16.3 Å². The third-order valence-electron chi connectivity index (χ3n) is 4.74. The van der Waals surface area contributed by atoms with Gasteiger partial charge in [-0.2, -0.15) is 0 Å². The zero-order valence-electron chi connectivity index (χ0n) is 15.0. The van der Waals surface area contributed by atoms with Gasteiger partial charge in [0.1, 0.15) is 11.6 Å². The van der Waals surface area contributed by atoms with Crippen LogP contribution in [0.5, 0.6) is 0 Å². The summed E-state index contributed by atoms with van der Waals surface area (Å²) in [6.07, 6.45) is 0. The highest BCUT2D eigenvalue weighted by atomic mass is 35.5. The van der Waals surface area contributed by atoms with E-state index in [1.807, 2.05) is 0 Å². The Labute approximate surface area is 171 Å². The van der Waals surface area contributed by atoms with Crippen molar-refractivity contribution in [1.82, 2.24) is 0 Å². The van der Waals surface area contributed by atoms with Crippen LogP contribution in [0.4, 0.5) is 10.1 Å². The van der Waals surface area contributed by atoms with Crippen molar-refractivity contribution in [1.29, 1.82) is 0 Å². The van der Waals surface area contributed by atoms with Crippen LogP contribution < -0.4 is 4.90 Å². The molecule has 4 nitrogen and oxygen atoms in total. The molecule has 0 aliphatic carbocycles. The number of anilines is 1. The Kier molecular flexibility index (Phi) is 4.91. The molecule has 1 N–H and O–H groups in total. The highest BCUT2D eigenvalue weighted by molar-refractivity contribution is 6.51. The van der Waals surface area contributed by atoms with Crippen LogP contribution in [0.25, 0.3) is 5.76 Å². The summed E-state index contributed by atoms with van der Waals surface area (Å²) in [4.78, 5) is 27.1. The molecular formula is C23H15ClFNO3. The van der Waals surface area contributed by atoms with E-state index in [0.717, 1.165) is 0 Å². The van der Waals surface area contributed by atoms with E-state index < -0.39 is 23.5 Å². The highest BCUT2D eigenvalue weighted by Gasteiger charge is 2.47. The molecule has 0 unspecified atom stereocenters. The molecule has 144 valence electrons. The molecule has 6 heteroatoms. The summed E-state index contributed by atoms with van der Waals surface area (Å²) in [6, 6.07) is 19.5. The van der Waals surface area contributed by atoms with Gasteiger partial charge in [0.15, 0.2) is 0 Å². The fourth-order valence-electron chi connectivity index (χ4n) is 3.47. The van der Waals surface area contributed by atoms with Crippen molar-refractivity contribution in [3.8, 4) is 0 Å². The van der Waals surface area contributed by atoms with Crippen molar-refractivity contribution in [3.05, 3.63) is 106 Å². The Hall–Kier alpha value is -3.44. The zero-order chi connectivity index (χ0) is 20.5. The monoisotopic (exact) mass is 407 g/mol. The maximum Gasteiger partial charge on any atom is 0.300 e. The van der Waals surface area contributed by atoms with Crippen LogP contribution in [0.15, 0.2) is 84.4 Å². The summed E-state index contributed by atoms with van der Waals surface area (Å²) < 4.78 is 14.0. The first-order chi connectivity index (χ1) is 14.0. The number of aliphatic hydroxyl groups is 1. The minimum atomic E-state index is -0.996. The molecule has 4 rings (SSSR count). The minimum absolute atomic E-state index is 0.105. The van der Waals surface area contributed by atoms with Gasteiger partial charge in [0.25, 0.3) is 11.7 Å². The molecule has 1 aliphatic rings. The van der Waals surface area contributed by atoms with Gasteiger partial charge < -0.3 is 5.11 Å². The van der Waals surface area contributed by atoms with E-state index in [9.17, 15) is 19.1 Å². The molecule has 1 fully saturated rings. The summed E-state index contributed by atoms with van der Waals surface area (Å²) >= 11 is 6.08. The molecule has 1 aliphatic heterocycles. The van der Waals surface area contributed by atoms with Crippen molar-refractivity contribution in [2.45, 2.75) is 6.04 Å². The van der Waals surface area contributed by atoms with Gasteiger partial charge in [-0.3, -0.25) is 14.5 Å². The summed E-state index contributed by atoms with van der Waals surface area (Å²) in [6.45, 7) is 0. The number of benzene rings is 3. The Morgan fingerprint density at radius 3 is 2.34 bits per heavy atom. The second-order valence-corrected chi connectivity index (χ2v) is 7.01. The lowest BCUT2D eigenvalue weighted by Gasteiger charge is -2.25. The Morgan fingerprint density at radius 2 is 1.66 bits per heavy atom. The molecular weight excluding hydrogens is 393 g/mol. The van der Waals surface area contributed by atoms with Crippen LogP contribution in [-0.2, 0) is 9.59 Å². The first-order valence-corrected chi connectivity index (χ1v) is 9.22. The number of rotatable bonds is 3. The maximum absolute atomic E-state index is 14.0. The van der Waals surface area contributed by atoms with Gasteiger partial charge in [-0.25, -0.2) is 4.39 Å². The number of carbonyl (C=O) groups excluding carboxylic acids is 2. The van der Waals surface area contributed by atoms with Crippen molar-refractivity contribution in [2.24, 2.45) is 0 Å². The van der Waals surface area contributed by atoms with Gasteiger partial charge >= 0.3 is 0 Å². The van der Waals surface area contributed by atoms with E-state index in [-0.39, 0.29) is 11.3 Å². The van der Waals surface area contributed by atoms with E-state index >= 15 is 0 Å². The predicted octanol–water partition coefficient (Wildman–Crippen LogP) is 5.11. The molecule has 1 amide bonds. The molecule has 3 aromatic carbocycles. The molecule has 29 heavy (non-hydrogen) atoms. The molecule has 3 aromatic rings. The van der Waals surface area contributed by atoms with E-state index in [2.05, 4.69) is 0 Å². The van der Waals surface area contributed by atoms with E-state index in [1.54, 1.807) is 60.7 Å². The van der Waals surface area contributed by atoms with E-state index in [1.165, 1.54) is 23.1 Å². The summed E-state index contributed by atoms with van der Waals surface area (Å²) in [5, 5.41) is 11.3. The van der Waals surface area contributed by atoms with Gasteiger partial charge in [0.05, 0.1) is 11.6 Å². The van der Waals surface area contributed by atoms with E-state index in [0.29, 0.717) is 21.8 Å². The lowest BCUT2D eigenvalue weighted by Crippen LogP contribution is -2.29. The second-order valence-electron chi connectivity index (χ2n) is 6.57. The van der Waals surface area contributed by atoms with Crippen molar-refractivity contribution in [2.75, 3.05) is 4.90 Å². The number of Topliss-reactive ketones (excluding diaryl/α,β-unsaturated/α-hetero) is 1. The maximum atomic E-state index is 14.0. The molecule has 1 atom stereocenters. The molecule has 1 heterocycles. The SMILES string of the molecule is O=C1C(=O)N(c2cccc(Cl)c2)[C@H](c2cccc(F)c2)C1=C(O)c1ccccc1. The second kappa shape index (κ2) is 7.53. The molecule has 0 bridgehead atoms. The summed E-state index contributed by atoms with van der Waals surface area (Å²) in [5.74, 6) is -2.50. The normalized spacial score (nSPS) is 18.3. The van der Waals surface area contributed by atoms with Gasteiger partial charge in [-0.1, -0.05) is 60.1 Å². The van der Waals surface area contributed by atoms with Gasteiger partial charge in [-0.15, -0.1) is 0 Å². The van der Waals surface area contributed by atoms with Crippen molar-refractivity contribution >= 4 is 34.7 Å². The Morgan fingerprint density at radius 1 is 0.931 bits per heavy atom. The van der Waals surface area contributed by atoms with Crippen LogP contribution in [0.3, 0.4) is 0 Å². The largest absolute Gasteiger partial charge is 0.507 e. The van der Waals surface area contributed by atoms with Crippen LogP contribution in [0.1, 0.15) is 17.2 Å². The first-order valence-electron chi connectivity index (χ1n) is 8.85. The first kappa shape index (κ1) is 18.9. The topological polar surface area (TPSA) is 57.6 Å². The number of nitrogens with zero attached hydrogens (tertiary/aromatic N) is 1. The fourth-order valence-corrected chi connectivity index (χ4v) is 3.65. The number of hydrogen-bond donors (Lipinski definition) is 1.